The van der Waals surface area contributed by atoms with Crippen LogP contribution < -0.4 is 0 Å². The van der Waals surface area contributed by atoms with E-state index in [0.717, 1.165) is 63.6 Å². The molecule has 7 heteroatoms. The van der Waals surface area contributed by atoms with Crippen molar-refractivity contribution >= 4 is 44.9 Å². The molecule has 3 aromatic carbocycles. The van der Waals surface area contributed by atoms with Crippen LogP contribution in [0, 0.1) is 18.8 Å². The summed E-state index contributed by atoms with van der Waals surface area (Å²) in [5.41, 5.74) is 7.51. The fourth-order valence-electron chi connectivity index (χ4n) is 4.91. The molecule has 1 saturated carbocycles. The summed E-state index contributed by atoms with van der Waals surface area (Å²) in [6, 6.07) is 19.3. The number of fused-ring (bicyclic) bond motifs is 1. The van der Waals surface area contributed by atoms with Gasteiger partial charge in [0.25, 0.3) is 0 Å². The highest BCUT2D eigenvalue weighted by Crippen LogP contribution is 2.46. The largest absolute Gasteiger partial charge is 0.478 e. The summed E-state index contributed by atoms with van der Waals surface area (Å²) < 4.78 is 26.6. The number of benzene rings is 3. The molecule has 1 unspecified atom stereocenters. The van der Waals surface area contributed by atoms with Gasteiger partial charge in [-0.05, 0) is 95.0 Å². The van der Waals surface area contributed by atoms with Gasteiger partial charge in [-0.15, -0.1) is 0 Å². The average Bonchev–Trinajstić information content (AvgIpc) is 3.22. The Balaban J connectivity index is 1.76. The topological polar surface area (TPSA) is 83.1 Å². The fraction of sp³-hybridized carbons (Fsp3) is 0.200. The Labute approximate surface area is 217 Å². The lowest BCUT2D eigenvalue weighted by Gasteiger charge is -2.32. The minimum Gasteiger partial charge on any atom is -0.478 e. The molecule has 1 aliphatic rings. The number of aryl methyl sites for hydroxylation is 1. The van der Waals surface area contributed by atoms with E-state index in [0.29, 0.717) is 16.8 Å². The van der Waals surface area contributed by atoms with Crippen molar-refractivity contribution < 1.29 is 18.5 Å². The number of nitrogens with zero attached hydrogens (tertiary/aromatic N) is 1. The average molecular weight is 515 g/mol. The van der Waals surface area contributed by atoms with Crippen LogP contribution in [0.15, 0.2) is 71.6 Å². The molecular formula is C30H27FN2O3S. The number of carboxylic acid groups (broad SMARTS) is 1. The standard InChI is InChI=1S/C30H27FN2O3S/c1-18-16-23(37(2)36)12-13-24(18)29(20-4-3-5-20)28(21-9-6-19(7-10-21)8-15-27(34)35)22-11-14-26-25(17-22)30(31)33-32-26/h6-17,20H,3-5H2,1-2H3,(H,32,33)(H,34,35). The molecule has 5 rings (SSSR count). The second kappa shape index (κ2) is 10.3. The SMILES string of the molecule is Cc1cc(S(C)=O)ccc1C(=C(c1ccc(C=CC(=O)O)cc1)c1ccc2n[nH]c(F)c2c1)C1CCC1. The van der Waals surface area contributed by atoms with Crippen molar-refractivity contribution in [2.45, 2.75) is 31.1 Å². The highest BCUT2D eigenvalue weighted by atomic mass is 32.2. The number of halogens is 1. The smallest absolute Gasteiger partial charge is 0.328 e. The Bertz CT molecular complexity index is 1580. The predicted octanol–water partition coefficient (Wildman–Crippen LogP) is 6.60. The number of H-pyrrole nitrogens is 1. The number of aromatic nitrogens is 2. The maximum atomic E-state index is 14.5. The van der Waals surface area contributed by atoms with E-state index in [1.54, 1.807) is 12.3 Å². The molecule has 0 saturated heterocycles. The number of carboxylic acids is 1. The second-order valence-corrected chi connectivity index (χ2v) is 10.8. The third-order valence-electron chi connectivity index (χ3n) is 7.02. The third kappa shape index (κ3) is 5.04. The molecule has 0 radical (unpaired) electrons. The first-order valence-corrected chi connectivity index (χ1v) is 13.7. The van der Waals surface area contributed by atoms with Crippen molar-refractivity contribution in [1.82, 2.24) is 10.2 Å². The lowest BCUT2D eigenvalue weighted by molar-refractivity contribution is -0.131. The summed E-state index contributed by atoms with van der Waals surface area (Å²) in [5, 5.41) is 15.9. The van der Waals surface area contributed by atoms with E-state index in [-0.39, 0.29) is 0 Å². The fourth-order valence-corrected chi connectivity index (χ4v) is 5.52. The molecule has 0 bridgehead atoms. The van der Waals surface area contributed by atoms with E-state index in [1.165, 1.54) is 5.57 Å². The van der Waals surface area contributed by atoms with Gasteiger partial charge in [-0.25, -0.2) is 4.79 Å². The van der Waals surface area contributed by atoms with Crippen molar-refractivity contribution in [3.8, 4) is 0 Å². The first-order chi connectivity index (χ1) is 17.8. The number of carbonyl (C=O) groups is 1. The summed E-state index contributed by atoms with van der Waals surface area (Å²) in [6.07, 6.45) is 7.61. The van der Waals surface area contributed by atoms with E-state index < -0.39 is 22.7 Å². The Morgan fingerprint density at radius 3 is 2.43 bits per heavy atom. The molecule has 1 aromatic heterocycles. The molecule has 1 atom stereocenters. The summed E-state index contributed by atoms with van der Waals surface area (Å²) in [4.78, 5) is 11.7. The van der Waals surface area contributed by atoms with Gasteiger partial charge in [0, 0.05) is 28.0 Å². The summed E-state index contributed by atoms with van der Waals surface area (Å²) in [7, 11) is -1.08. The second-order valence-electron chi connectivity index (χ2n) is 9.41. The summed E-state index contributed by atoms with van der Waals surface area (Å²) in [5.74, 6) is -1.14. The van der Waals surface area contributed by atoms with Gasteiger partial charge >= 0.3 is 5.97 Å². The maximum absolute atomic E-state index is 14.5. The molecule has 1 heterocycles. The molecule has 0 amide bonds. The van der Waals surface area contributed by atoms with Crippen LogP contribution in [-0.4, -0.2) is 31.7 Å². The van der Waals surface area contributed by atoms with Crippen molar-refractivity contribution in [2.24, 2.45) is 5.92 Å². The zero-order valence-corrected chi connectivity index (χ0v) is 21.4. The van der Waals surface area contributed by atoms with Crippen molar-refractivity contribution in [1.29, 1.82) is 0 Å². The van der Waals surface area contributed by atoms with Crippen LogP contribution in [0.25, 0.3) is 28.1 Å². The molecule has 188 valence electrons. The number of hydrogen-bond acceptors (Lipinski definition) is 3. The van der Waals surface area contributed by atoms with Crippen LogP contribution in [0.5, 0.6) is 0 Å². The molecule has 37 heavy (non-hydrogen) atoms. The Hall–Kier alpha value is -3.84. The van der Waals surface area contributed by atoms with Crippen LogP contribution >= 0.6 is 0 Å². The number of nitrogens with one attached hydrogen (secondary N) is 1. The third-order valence-corrected chi connectivity index (χ3v) is 7.93. The molecule has 1 aliphatic carbocycles. The minimum absolute atomic E-state index is 0.336. The van der Waals surface area contributed by atoms with Crippen molar-refractivity contribution in [3.63, 3.8) is 0 Å². The van der Waals surface area contributed by atoms with Gasteiger partial charge in [0.2, 0.25) is 5.95 Å². The quantitative estimate of drug-likeness (QED) is 0.215. The number of aromatic amines is 1. The van der Waals surface area contributed by atoms with Gasteiger partial charge < -0.3 is 5.11 Å². The monoisotopic (exact) mass is 514 g/mol. The van der Waals surface area contributed by atoms with Gasteiger partial charge in [0.15, 0.2) is 0 Å². The van der Waals surface area contributed by atoms with E-state index >= 15 is 0 Å². The van der Waals surface area contributed by atoms with E-state index in [9.17, 15) is 13.4 Å². The highest BCUT2D eigenvalue weighted by Gasteiger charge is 2.28. The van der Waals surface area contributed by atoms with E-state index in [2.05, 4.69) is 16.3 Å². The van der Waals surface area contributed by atoms with E-state index in [4.69, 9.17) is 5.11 Å². The summed E-state index contributed by atoms with van der Waals surface area (Å²) in [6.45, 7) is 2.04. The zero-order chi connectivity index (χ0) is 26.1. The van der Waals surface area contributed by atoms with Gasteiger partial charge in [0.05, 0.1) is 10.9 Å². The Kier molecular flexibility index (Phi) is 6.89. The van der Waals surface area contributed by atoms with Crippen LogP contribution in [0.4, 0.5) is 4.39 Å². The number of allylic oxidation sites excluding steroid dienone is 1. The lowest BCUT2D eigenvalue weighted by Crippen LogP contribution is -2.16. The van der Waals surface area contributed by atoms with Crippen molar-refractivity contribution in [3.05, 3.63) is 101 Å². The number of rotatable bonds is 7. The van der Waals surface area contributed by atoms with Gasteiger partial charge in [0.1, 0.15) is 0 Å². The molecule has 0 spiro atoms. The maximum Gasteiger partial charge on any atom is 0.328 e. The molecule has 5 nitrogen and oxygen atoms in total. The lowest BCUT2D eigenvalue weighted by atomic mass is 9.72. The number of aliphatic carboxylic acids is 1. The number of hydrogen-bond donors (Lipinski definition) is 2. The van der Waals surface area contributed by atoms with Gasteiger partial charge in [-0.2, -0.15) is 9.49 Å². The van der Waals surface area contributed by atoms with Crippen LogP contribution in [0.1, 0.15) is 47.1 Å². The molecule has 0 aliphatic heterocycles. The van der Waals surface area contributed by atoms with Gasteiger partial charge in [-0.1, -0.05) is 42.8 Å². The first-order valence-electron chi connectivity index (χ1n) is 12.2. The Morgan fingerprint density at radius 2 is 1.81 bits per heavy atom. The minimum atomic E-state index is -1.08. The highest BCUT2D eigenvalue weighted by molar-refractivity contribution is 7.84. The molecule has 4 aromatic rings. The summed E-state index contributed by atoms with van der Waals surface area (Å²) >= 11 is 0. The molecular weight excluding hydrogens is 487 g/mol. The van der Waals surface area contributed by atoms with Gasteiger partial charge in [-0.3, -0.25) is 9.31 Å². The van der Waals surface area contributed by atoms with Crippen molar-refractivity contribution in [2.75, 3.05) is 6.26 Å². The van der Waals surface area contributed by atoms with Crippen LogP contribution in [0.3, 0.4) is 0 Å². The zero-order valence-electron chi connectivity index (χ0n) is 20.6. The predicted molar refractivity (Wildman–Crippen MR) is 146 cm³/mol. The Morgan fingerprint density at radius 1 is 1.08 bits per heavy atom. The van der Waals surface area contributed by atoms with Crippen LogP contribution in [0.2, 0.25) is 0 Å². The van der Waals surface area contributed by atoms with Crippen LogP contribution in [-0.2, 0) is 15.6 Å². The molecule has 2 N–H and O–H groups in total. The molecule has 1 fully saturated rings. The normalized spacial score (nSPS) is 15.5. The van der Waals surface area contributed by atoms with E-state index in [1.807, 2.05) is 61.5 Å². The first kappa shape index (κ1) is 24.8.